The van der Waals surface area contributed by atoms with Crippen LogP contribution in [-0.4, -0.2) is 84.6 Å². The monoisotopic (exact) mass is 943 g/mol. The third-order valence-electron chi connectivity index (χ3n) is 16.1. The van der Waals surface area contributed by atoms with Crippen molar-refractivity contribution in [2.75, 3.05) is 50.8 Å². The van der Waals surface area contributed by atoms with Gasteiger partial charge in [-0.05, 0) is 160 Å². The predicted octanol–water partition coefficient (Wildman–Crippen LogP) is 11.4. The van der Waals surface area contributed by atoms with Crippen molar-refractivity contribution in [1.29, 1.82) is 0 Å². The molecule has 8 aliphatic carbocycles. The third-order valence-corrected chi connectivity index (χ3v) is 18.5. The molecule has 0 saturated heterocycles. The molecule has 0 unspecified atom stereocenters. The summed E-state index contributed by atoms with van der Waals surface area (Å²) < 4.78 is 11.7. The molecular formula is C54H78N4O6S2. The molecule has 8 saturated carbocycles. The van der Waals surface area contributed by atoms with Gasteiger partial charge in [-0.1, -0.05) is 95.1 Å². The van der Waals surface area contributed by atoms with E-state index < -0.39 is 0 Å². The van der Waals surface area contributed by atoms with Gasteiger partial charge in [-0.25, -0.2) is 9.59 Å². The van der Waals surface area contributed by atoms with Gasteiger partial charge in [-0.2, -0.15) is 0 Å². The number of unbranched alkanes of at least 4 members (excludes halogenated alkanes) is 4. The highest BCUT2D eigenvalue weighted by molar-refractivity contribution is 8.76. The van der Waals surface area contributed by atoms with E-state index >= 15 is 0 Å². The Hall–Kier alpha value is -3.38. The highest BCUT2D eigenvalue weighted by atomic mass is 33.1. The van der Waals surface area contributed by atoms with Gasteiger partial charge in [0, 0.05) is 63.6 Å². The Kier molecular flexibility index (Phi) is 18.0. The minimum absolute atomic E-state index is 0.0823. The summed E-state index contributed by atoms with van der Waals surface area (Å²) in [5, 5.41) is 6.13. The van der Waals surface area contributed by atoms with Gasteiger partial charge in [-0.3, -0.25) is 9.59 Å². The first-order valence-corrected chi connectivity index (χ1v) is 28.4. The maximum Gasteiger partial charge on any atom is 0.410 e. The van der Waals surface area contributed by atoms with Crippen LogP contribution in [0.2, 0.25) is 0 Å². The van der Waals surface area contributed by atoms with Crippen molar-refractivity contribution < 1.29 is 28.7 Å². The minimum atomic E-state index is -0.197. The second-order valence-electron chi connectivity index (χ2n) is 21.7. The van der Waals surface area contributed by atoms with Gasteiger partial charge in [0.25, 0.3) is 0 Å². The van der Waals surface area contributed by atoms with Gasteiger partial charge in [0.05, 0.1) is 0 Å². The van der Waals surface area contributed by atoms with Crippen molar-refractivity contribution in [1.82, 2.24) is 20.4 Å². The molecule has 12 heteroatoms. The van der Waals surface area contributed by atoms with E-state index in [1.165, 1.54) is 77.0 Å². The summed E-state index contributed by atoms with van der Waals surface area (Å²) in [6.07, 6.45) is 21.7. The molecule has 2 aromatic carbocycles. The fourth-order valence-corrected chi connectivity index (χ4v) is 16.0. The fraction of sp³-hybridized carbons (Fsp3) is 0.704. The predicted molar refractivity (Wildman–Crippen MR) is 265 cm³/mol. The maximum absolute atomic E-state index is 13.5. The topological polar surface area (TPSA) is 117 Å². The van der Waals surface area contributed by atoms with Crippen LogP contribution >= 0.6 is 21.6 Å². The zero-order valence-corrected chi connectivity index (χ0v) is 41.2. The van der Waals surface area contributed by atoms with Crippen molar-refractivity contribution in [2.24, 2.45) is 46.3 Å². The van der Waals surface area contributed by atoms with Gasteiger partial charge >= 0.3 is 12.2 Å². The Balaban J connectivity index is 0.644. The van der Waals surface area contributed by atoms with Crippen molar-refractivity contribution in [2.45, 2.75) is 142 Å². The first kappa shape index (κ1) is 49.1. The number of ether oxygens (including phenoxy) is 2. The molecule has 0 radical (unpaired) electrons. The average Bonchev–Trinajstić information content (AvgIpc) is 3.29. The normalized spacial score (nSPS) is 27.6. The largest absolute Gasteiger partial charge is 0.445 e. The van der Waals surface area contributed by atoms with Crippen LogP contribution in [0.15, 0.2) is 60.7 Å². The van der Waals surface area contributed by atoms with Crippen LogP contribution in [0.3, 0.4) is 0 Å². The molecule has 0 spiro atoms. The van der Waals surface area contributed by atoms with E-state index in [2.05, 4.69) is 10.6 Å². The minimum Gasteiger partial charge on any atom is -0.445 e. The van der Waals surface area contributed by atoms with Crippen LogP contribution < -0.4 is 10.6 Å². The highest BCUT2D eigenvalue weighted by Gasteiger charge is 2.53. The van der Waals surface area contributed by atoms with Crippen LogP contribution in [0.25, 0.3) is 0 Å². The lowest BCUT2D eigenvalue weighted by molar-refractivity contribution is -0.121. The van der Waals surface area contributed by atoms with Crippen LogP contribution in [0.4, 0.5) is 9.59 Å². The maximum atomic E-state index is 13.5. The van der Waals surface area contributed by atoms with E-state index in [0.717, 1.165) is 110 Å². The van der Waals surface area contributed by atoms with Gasteiger partial charge < -0.3 is 29.9 Å². The van der Waals surface area contributed by atoms with E-state index in [-0.39, 0.29) is 34.8 Å². The highest BCUT2D eigenvalue weighted by Crippen LogP contribution is 2.61. The molecule has 0 atom stereocenters. The summed E-state index contributed by atoms with van der Waals surface area (Å²) in [7, 11) is 3.44. The smallest absolute Gasteiger partial charge is 0.410 e. The van der Waals surface area contributed by atoms with Crippen LogP contribution in [0.1, 0.15) is 140 Å². The number of rotatable bonds is 27. The molecule has 2 N–H and O–H groups in total. The Morgan fingerprint density at radius 3 is 1.20 bits per heavy atom. The first-order chi connectivity index (χ1) is 32.2. The second-order valence-corrected chi connectivity index (χ2v) is 24.4. The molecule has 10 nitrogen and oxygen atoms in total. The van der Waals surface area contributed by atoms with Crippen molar-refractivity contribution in [3.63, 3.8) is 0 Å². The summed E-state index contributed by atoms with van der Waals surface area (Å²) in [6, 6.07) is 19.9. The molecule has 0 aromatic heterocycles. The molecule has 4 amide bonds. The number of benzene rings is 2. The van der Waals surface area contributed by atoms with Crippen molar-refractivity contribution in [3.8, 4) is 0 Å². The number of hydrogen-bond acceptors (Lipinski definition) is 8. The molecule has 8 aliphatic rings. The van der Waals surface area contributed by atoms with E-state index in [1.54, 1.807) is 21.6 Å². The van der Waals surface area contributed by atoms with Crippen molar-refractivity contribution >= 4 is 45.6 Å². The quantitative estimate of drug-likeness (QED) is 0.0672. The summed E-state index contributed by atoms with van der Waals surface area (Å²) in [4.78, 5) is 56.2. The first-order valence-electron chi connectivity index (χ1n) is 25.9. The number of carbonyl (C=O) groups excluding carboxylic acids is 4. The molecule has 10 rings (SSSR count). The molecule has 8 bridgehead atoms. The molecule has 8 fully saturated rings. The number of nitrogens with one attached hydrogen (secondary N) is 2. The Labute approximate surface area is 403 Å². The van der Waals surface area contributed by atoms with Gasteiger partial charge in [0.2, 0.25) is 11.8 Å². The van der Waals surface area contributed by atoms with E-state index in [1.807, 2.05) is 70.5 Å². The third kappa shape index (κ3) is 14.6. The van der Waals surface area contributed by atoms with E-state index in [0.29, 0.717) is 52.2 Å². The van der Waals surface area contributed by atoms with Gasteiger partial charge in [0.1, 0.15) is 13.2 Å². The van der Waals surface area contributed by atoms with Crippen LogP contribution in [0, 0.1) is 46.3 Å². The summed E-state index contributed by atoms with van der Waals surface area (Å²) in [5.74, 6) is 6.82. The second kappa shape index (κ2) is 24.3. The number of hydrogen-bond donors (Lipinski definition) is 2. The van der Waals surface area contributed by atoms with Gasteiger partial charge in [0.15, 0.2) is 0 Å². The van der Waals surface area contributed by atoms with E-state index in [4.69, 9.17) is 9.47 Å². The summed E-state index contributed by atoms with van der Waals surface area (Å²) >= 11 is 0. The number of amides is 4. The molecule has 0 heterocycles. The number of carbonyl (C=O) groups is 4. The zero-order valence-electron chi connectivity index (χ0n) is 39.6. The lowest BCUT2D eigenvalue weighted by atomic mass is 9.49. The lowest BCUT2D eigenvalue weighted by Crippen LogP contribution is -2.52. The van der Waals surface area contributed by atoms with Crippen LogP contribution in [0.5, 0.6) is 0 Å². The molecular weight excluding hydrogens is 865 g/mol. The Bertz CT molecular complexity index is 1660. The summed E-state index contributed by atoms with van der Waals surface area (Å²) in [6.45, 7) is 4.83. The SMILES string of the molecule is O=C(CCCCCN(CC12CC3CC(CC(C3)C1)C2)C(=O)OCc1ccccc1)NCCSSCCNC(=O)CCCCCN(CC12CC3CC(CC(C3)C1)C2)C(=O)OCc1ccccc1. The van der Waals surface area contributed by atoms with Crippen LogP contribution in [-0.2, 0) is 32.3 Å². The van der Waals surface area contributed by atoms with E-state index in [9.17, 15) is 19.2 Å². The fourth-order valence-electron chi connectivity index (χ4n) is 14.2. The molecule has 362 valence electrons. The average molecular weight is 943 g/mol. The lowest BCUT2D eigenvalue weighted by Gasteiger charge is -2.57. The van der Waals surface area contributed by atoms with Gasteiger partial charge in [-0.15, -0.1) is 0 Å². The number of nitrogens with zero attached hydrogens (tertiary/aromatic N) is 2. The zero-order chi connectivity index (χ0) is 45.6. The standard InChI is InChI=1S/C54H78N4O6S2/c59-49(17-9-3-11-21-57(51(61)63-37-41-13-5-1-6-14-41)39-53-31-43-25-44(32-53)27-45(26-43)33-53)55-19-23-65-66-24-20-56-50(60)18-10-4-12-22-58(52(62)64-38-42-15-7-2-8-16-42)40-54-34-46-28-47(35-54)30-48(29-46)36-54/h1-2,5-8,13-16,43-48H,3-4,9-12,17-40H2,(H,55,59)(H,56,60). The van der Waals surface area contributed by atoms with Crippen molar-refractivity contribution in [3.05, 3.63) is 71.8 Å². The summed E-state index contributed by atoms with van der Waals surface area (Å²) in [5.41, 5.74) is 2.53. The molecule has 66 heavy (non-hydrogen) atoms. The Morgan fingerprint density at radius 2 is 0.848 bits per heavy atom. The molecule has 2 aromatic rings. The Morgan fingerprint density at radius 1 is 0.500 bits per heavy atom. The molecule has 0 aliphatic heterocycles.